The molecule has 0 bridgehead atoms. The molecule has 21 heavy (non-hydrogen) atoms. The van der Waals surface area contributed by atoms with Gasteiger partial charge in [0.05, 0.1) is 12.6 Å². The molecule has 3 rings (SSSR count). The highest BCUT2D eigenvalue weighted by atomic mass is 32.1. The maximum absolute atomic E-state index is 5.80. The third-order valence-corrected chi connectivity index (χ3v) is 5.17. The molecular formula is C18H23NOS. The second-order valence-electron chi connectivity index (χ2n) is 6.37. The van der Waals surface area contributed by atoms with Gasteiger partial charge in [-0.1, -0.05) is 26.8 Å². The third-order valence-electron chi connectivity index (χ3n) is 4.11. The summed E-state index contributed by atoms with van der Waals surface area (Å²) in [6, 6.07) is 11.4. The van der Waals surface area contributed by atoms with E-state index in [9.17, 15) is 0 Å². The molecule has 112 valence electrons. The van der Waals surface area contributed by atoms with Gasteiger partial charge in [-0.2, -0.15) is 0 Å². The first-order valence-electron chi connectivity index (χ1n) is 7.58. The Balaban J connectivity index is 2.01. The van der Waals surface area contributed by atoms with Crippen molar-refractivity contribution in [2.45, 2.75) is 39.2 Å². The van der Waals surface area contributed by atoms with Crippen molar-refractivity contribution in [3.63, 3.8) is 0 Å². The van der Waals surface area contributed by atoms with Crippen LogP contribution in [0.3, 0.4) is 0 Å². The lowest BCUT2D eigenvalue weighted by Crippen LogP contribution is -2.22. The zero-order valence-corrected chi connectivity index (χ0v) is 14.0. The van der Waals surface area contributed by atoms with Crippen LogP contribution in [-0.4, -0.2) is 13.2 Å². The van der Waals surface area contributed by atoms with Gasteiger partial charge in [-0.15, -0.1) is 11.3 Å². The van der Waals surface area contributed by atoms with Crippen molar-refractivity contribution < 1.29 is 4.74 Å². The summed E-state index contributed by atoms with van der Waals surface area (Å²) in [6.45, 7) is 10.6. The van der Waals surface area contributed by atoms with Crippen LogP contribution in [0.4, 0.5) is 0 Å². The number of hydrogen-bond donors (Lipinski definition) is 1. The highest BCUT2D eigenvalue weighted by Gasteiger charge is 2.32. The molecule has 1 N–H and O–H groups in total. The fourth-order valence-electron chi connectivity index (χ4n) is 2.91. The van der Waals surface area contributed by atoms with Crippen molar-refractivity contribution in [2.75, 3.05) is 13.2 Å². The van der Waals surface area contributed by atoms with Gasteiger partial charge in [-0.25, -0.2) is 0 Å². The molecule has 0 aliphatic carbocycles. The molecule has 0 saturated heterocycles. The van der Waals surface area contributed by atoms with E-state index in [-0.39, 0.29) is 11.5 Å². The van der Waals surface area contributed by atoms with Gasteiger partial charge in [-0.05, 0) is 43.3 Å². The number of thiophene rings is 1. The zero-order valence-electron chi connectivity index (χ0n) is 13.2. The molecule has 2 nitrogen and oxygen atoms in total. The number of hydrogen-bond acceptors (Lipinski definition) is 3. The Morgan fingerprint density at radius 3 is 2.76 bits per heavy atom. The van der Waals surface area contributed by atoms with Gasteiger partial charge >= 0.3 is 0 Å². The summed E-state index contributed by atoms with van der Waals surface area (Å²) >= 11 is 1.87. The summed E-state index contributed by atoms with van der Waals surface area (Å²) in [5.41, 5.74) is 2.76. The quantitative estimate of drug-likeness (QED) is 0.902. The first-order chi connectivity index (χ1) is 10.0. The van der Waals surface area contributed by atoms with Crippen LogP contribution in [0.2, 0.25) is 0 Å². The standard InChI is InChI=1S/C18H23NOS/c1-5-19-17(16-9-6-12(2)21-16)13-7-8-15-14(10-13)18(3,4)11-20-15/h6-10,17,19H,5,11H2,1-4H3. The zero-order chi connectivity index (χ0) is 15.0. The highest BCUT2D eigenvalue weighted by molar-refractivity contribution is 7.12. The molecule has 2 heterocycles. The first kappa shape index (κ1) is 14.6. The molecule has 1 aliphatic rings. The van der Waals surface area contributed by atoms with Crippen molar-refractivity contribution >= 4 is 11.3 Å². The van der Waals surface area contributed by atoms with Gasteiger partial charge in [0.1, 0.15) is 5.75 Å². The number of aryl methyl sites for hydroxylation is 1. The maximum Gasteiger partial charge on any atom is 0.123 e. The first-order valence-corrected chi connectivity index (χ1v) is 8.40. The monoisotopic (exact) mass is 301 g/mol. The SMILES string of the molecule is CCNC(c1ccc2c(c1)C(C)(C)CO2)c1ccc(C)s1. The molecule has 0 radical (unpaired) electrons. The van der Waals surface area contributed by atoms with Gasteiger partial charge in [0.25, 0.3) is 0 Å². The van der Waals surface area contributed by atoms with E-state index in [1.165, 1.54) is 20.9 Å². The number of benzene rings is 1. The van der Waals surface area contributed by atoms with Crippen LogP contribution in [-0.2, 0) is 5.41 Å². The molecule has 3 heteroatoms. The average Bonchev–Trinajstić information content (AvgIpc) is 3.00. The van der Waals surface area contributed by atoms with Crippen LogP contribution in [0.1, 0.15) is 47.7 Å². The molecule has 1 aliphatic heterocycles. The fraction of sp³-hybridized carbons (Fsp3) is 0.444. The van der Waals surface area contributed by atoms with Crippen LogP contribution < -0.4 is 10.1 Å². The van der Waals surface area contributed by atoms with Crippen molar-refractivity contribution in [3.8, 4) is 5.75 Å². The minimum Gasteiger partial charge on any atom is -0.492 e. The predicted octanol–water partition coefficient (Wildman–Crippen LogP) is 4.43. The smallest absolute Gasteiger partial charge is 0.123 e. The van der Waals surface area contributed by atoms with Crippen LogP contribution in [0, 0.1) is 6.92 Å². The van der Waals surface area contributed by atoms with E-state index in [0.29, 0.717) is 0 Å². The largest absolute Gasteiger partial charge is 0.492 e. The predicted molar refractivity (Wildman–Crippen MR) is 89.5 cm³/mol. The summed E-state index contributed by atoms with van der Waals surface area (Å²) in [5, 5.41) is 3.62. The molecule has 0 fully saturated rings. The second kappa shape index (κ2) is 5.47. The molecule has 1 atom stereocenters. The lowest BCUT2D eigenvalue weighted by atomic mass is 9.85. The van der Waals surface area contributed by atoms with E-state index in [4.69, 9.17) is 4.74 Å². The normalized spacial score (nSPS) is 17.3. The van der Waals surface area contributed by atoms with Crippen molar-refractivity contribution in [1.29, 1.82) is 0 Å². The average molecular weight is 301 g/mol. The molecule has 0 saturated carbocycles. The Morgan fingerprint density at radius 2 is 2.10 bits per heavy atom. The van der Waals surface area contributed by atoms with Gasteiger partial charge in [0, 0.05) is 20.7 Å². The Bertz CT molecular complexity index is 644. The second-order valence-corrected chi connectivity index (χ2v) is 7.69. The lowest BCUT2D eigenvalue weighted by molar-refractivity contribution is 0.291. The minimum atomic E-state index is 0.105. The number of fused-ring (bicyclic) bond motifs is 1. The third kappa shape index (κ3) is 2.72. The summed E-state index contributed by atoms with van der Waals surface area (Å²) < 4.78 is 5.80. The van der Waals surface area contributed by atoms with E-state index in [1.807, 2.05) is 11.3 Å². The maximum atomic E-state index is 5.80. The lowest BCUT2D eigenvalue weighted by Gasteiger charge is -2.20. The van der Waals surface area contributed by atoms with E-state index >= 15 is 0 Å². The van der Waals surface area contributed by atoms with E-state index in [1.54, 1.807) is 0 Å². The van der Waals surface area contributed by atoms with Crippen LogP contribution in [0.25, 0.3) is 0 Å². The minimum absolute atomic E-state index is 0.105. The van der Waals surface area contributed by atoms with E-state index in [0.717, 1.165) is 18.9 Å². The molecular weight excluding hydrogens is 278 g/mol. The molecule has 0 spiro atoms. The van der Waals surface area contributed by atoms with Crippen molar-refractivity contribution in [3.05, 3.63) is 51.2 Å². The number of nitrogens with one attached hydrogen (secondary N) is 1. The number of rotatable bonds is 4. The molecule has 1 aromatic heterocycles. The number of ether oxygens (including phenoxy) is 1. The Kier molecular flexibility index (Phi) is 3.80. The Labute approximate surface area is 131 Å². The van der Waals surface area contributed by atoms with Crippen LogP contribution in [0.15, 0.2) is 30.3 Å². The van der Waals surface area contributed by atoms with Crippen LogP contribution in [0.5, 0.6) is 5.75 Å². The summed E-state index contributed by atoms with van der Waals surface area (Å²) in [4.78, 5) is 2.74. The Hall–Kier alpha value is -1.32. The van der Waals surface area contributed by atoms with Gasteiger partial charge in [0.15, 0.2) is 0 Å². The molecule has 2 aromatic rings. The van der Waals surface area contributed by atoms with Gasteiger partial charge < -0.3 is 10.1 Å². The van der Waals surface area contributed by atoms with Crippen molar-refractivity contribution in [1.82, 2.24) is 5.32 Å². The fourth-order valence-corrected chi connectivity index (χ4v) is 3.89. The Morgan fingerprint density at radius 1 is 1.29 bits per heavy atom. The molecule has 1 aromatic carbocycles. The highest BCUT2D eigenvalue weighted by Crippen LogP contribution is 2.40. The van der Waals surface area contributed by atoms with Gasteiger partial charge in [0.2, 0.25) is 0 Å². The summed E-state index contributed by atoms with van der Waals surface area (Å²) in [7, 11) is 0. The molecule has 0 amide bonds. The van der Waals surface area contributed by atoms with E-state index in [2.05, 4.69) is 63.3 Å². The topological polar surface area (TPSA) is 21.3 Å². The van der Waals surface area contributed by atoms with Crippen molar-refractivity contribution in [2.24, 2.45) is 0 Å². The van der Waals surface area contributed by atoms with E-state index < -0.39 is 0 Å². The summed E-state index contributed by atoms with van der Waals surface area (Å²) in [5.74, 6) is 1.04. The van der Waals surface area contributed by atoms with Crippen LogP contribution >= 0.6 is 11.3 Å². The summed E-state index contributed by atoms with van der Waals surface area (Å²) in [6.07, 6.45) is 0. The van der Waals surface area contributed by atoms with Gasteiger partial charge in [-0.3, -0.25) is 0 Å². The molecule has 1 unspecified atom stereocenters.